The van der Waals surface area contributed by atoms with E-state index in [4.69, 9.17) is 10.2 Å². The van der Waals surface area contributed by atoms with Crippen molar-refractivity contribution < 1.29 is 23.4 Å². The van der Waals surface area contributed by atoms with Gasteiger partial charge in [-0.1, -0.05) is 0 Å². The molecule has 1 aromatic rings. The maximum atomic E-state index is 12.0. The maximum Gasteiger partial charge on any atom is 0.446 e. The minimum absolute atomic E-state index is 0.103. The molecule has 17 heavy (non-hydrogen) atoms. The number of aliphatic hydroxyl groups excluding tert-OH is 2. The zero-order chi connectivity index (χ0) is 12.9. The van der Waals surface area contributed by atoms with E-state index in [0.29, 0.717) is 5.69 Å². The van der Waals surface area contributed by atoms with Gasteiger partial charge in [0, 0.05) is 17.1 Å². The number of thioether (sulfide) groups is 1. The molecule has 7 heteroatoms. The number of anilines is 1. The number of aliphatic hydroxyl groups is 2. The molecule has 96 valence electrons. The third-order valence-electron chi connectivity index (χ3n) is 1.84. The molecule has 0 fully saturated rings. The summed E-state index contributed by atoms with van der Waals surface area (Å²) in [4.78, 5) is 0.103. The predicted octanol–water partition coefficient (Wildman–Crippen LogP) is 2.06. The molecular formula is C10H12F3NO2S. The van der Waals surface area contributed by atoms with Gasteiger partial charge in [0.25, 0.3) is 0 Å². The lowest BCUT2D eigenvalue weighted by Crippen LogP contribution is -2.22. The van der Waals surface area contributed by atoms with Gasteiger partial charge in [0.1, 0.15) is 0 Å². The summed E-state index contributed by atoms with van der Waals surface area (Å²) in [5, 5.41) is 20.4. The van der Waals surface area contributed by atoms with Gasteiger partial charge >= 0.3 is 5.51 Å². The van der Waals surface area contributed by atoms with E-state index in [1.165, 1.54) is 24.3 Å². The zero-order valence-electron chi connectivity index (χ0n) is 8.74. The van der Waals surface area contributed by atoms with Crippen molar-refractivity contribution in [1.82, 2.24) is 0 Å². The Morgan fingerprint density at radius 2 is 1.82 bits per heavy atom. The van der Waals surface area contributed by atoms with Crippen LogP contribution in [0.25, 0.3) is 0 Å². The minimum Gasteiger partial charge on any atom is -0.394 e. The lowest BCUT2D eigenvalue weighted by molar-refractivity contribution is -0.0328. The van der Waals surface area contributed by atoms with Crippen LogP contribution in [0.4, 0.5) is 18.9 Å². The highest BCUT2D eigenvalue weighted by Crippen LogP contribution is 2.36. The van der Waals surface area contributed by atoms with E-state index < -0.39 is 11.6 Å². The first-order valence-electron chi connectivity index (χ1n) is 4.79. The Hall–Kier alpha value is -0.920. The predicted molar refractivity (Wildman–Crippen MR) is 59.9 cm³/mol. The molecule has 3 nitrogen and oxygen atoms in total. The first-order chi connectivity index (χ1) is 7.90. The lowest BCUT2D eigenvalue weighted by Gasteiger charge is -2.11. The summed E-state index contributed by atoms with van der Waals surface area (Å²) >= 11 is -0.179. The van der Waals surface area contributed by atoms with Gasteiger partial charge in [-0.3, -0.25) is 0 Å². The van der Waals surface area contributed by atoms with Crippen molar-refractivity contribution in [3.63, 3.8) is 0 Å². The van der Waals surface area contributed by atoms with Gasteiger partial charge in [0.05, 0.1) is 12.7 Å². The summed E-state index contributed by atoms with van der Waals surface area (Å²) in [6.07, 6.45) is -0.890. The van der Waals surface area contributed by atoms with Crippen LogP contribution < -0.4 is 5.32 Å². The second-order valence-corrected chi connectivity index (χ2v) is 4.43. The molecule has 0 aliphatic rings. The SMILES string of the molecule is OCC(O)CNc1ccc(SC(F)(F)F)cc1. The summed E-state index contributed by atoms with van der Waals surface area (Å²) in [6, 6.07) is 5.65. The molecular weight excluding hydrogens is 255 g/mol. The molecule has 0 amide bonds. The van der Waals surface area contributed by atoms with Crippen LogP contribution in [0.1, 0.15) is 0 Å². The first kappa shape index (κ1) is 14.1. The molecule has 1 aromatic carbocycles. The molecule has 3 N–H and O–H groups in total. The van der Waals surface area contributed by atoms with Gasteiger partial charge in [0.15, 0.2) is 0 Å². The van der Waals surface area contributed by atoms with Gasteiger partial charge in [-0.25, -0.2) is 0 Å². The largest absolute Gasteiger partial charge is 0.446 e. The topological polar surface area (TPSA) is 52.5 Å². The molecule has 0 aliphatic carbocycles. The Balaban J connectivity index is 2.50. The summed E-state index contributed by atoms with van der Waals surface area (Å²) in [7, 11) is 0. The monoisotopic (exact) mass is 267 g/mol. The summed E-state index contributed by atoms with van der Waals surface area (Å²) in [5.74, 6) is 0. The lowest BCUT2D eigenvalue weighted by atomic mass is 10.3. The zero-order valence-corrected chi connectivity index (χ0v) is 9.55. The van der Waals surface area contributed by atoms with E-state index >= 15 is 0 Å². The van der Waals surface area contributed by atoms with Gasteiger partial charge in [-0.2, -0.15) is 13.2 Å². The van der Waals surface area contributed by atoms with Crippen molar-refractivity contribution in [2.75, 3.05) is 18.5 Å². The normalized spacial score (nSPS) is 13.5. The van der Waals surface area contributed by atoms with Gasteiger partial charge in [-0.15, -0.1) is 0 Å². The van der Waals surface area contributed by atoms with E-state index in [9.17, 15) is 13.2 Å². The third-order valence-corrected chi connectivity index (χ3v) is 2.58. The van der Waals surface area contributed by atoms with Crippen LogP contribution in [0, 0.1) is 0 Å². The highest BCUT2D eigenvalue weighted by atomic mass is 32.2. The van der Waals surface area contributed by atoms with Crippen LogP contribution in [0.5, 0.6) is 0 Å². The molecule has 1 atom stereocenters. The van der Waals surface area contributed by atoms with Crippen molar-refractivity contribution in [2.45, 2.75) is 16.5 Å². The van der Waals surface area contributed by atoms with Gasteiger partial charge < -0.3 is 15.5 Å². The van der Waals surface area contributed by atoms with Crippen molar-refractivity contribution in [3.05, 3.63) is 24.3 Å². The second-order valence-electron chi connectivity index (χ2n) is 3.29. The Labute approximate surface area is 101 Å². The quantitative estimate of drug-likeness (QED) is 0.715. The first-order valence-corrected chi connectivity index (χ1v) is 5.61. The summed E-state index contributed by atoms with van der Waals surface area (Å²) in [6.45, 7) is -0.225. The molecule has 0 spiro atoms. The average Bonchev–Trinajstić information content (AvgIpc) is 2.25. The molecule has 0 heterocycles. The fourth-order valence-corrected chi connectivity index (χ4v) is 1.61. The number of benzene rings is 1. The van der Waals surface area contributed by atoms with Crippen LogP contribution in [-0.4, -0.2) is 35.0 Å². The van der Waals surface area contributed by atoms with Crippen molar-refractivity contribution in [1.29, 1.82) is 0 Å². The van der Waals surface area contributed by atoms with Crippen LogP contribution in [0.2, 0.25) is 0 Å². The fourth-order valence-electron chi connectivity index (χ4n) is 1.07. The number of alkyl halides is 3. The van der Waals surface area contributed by atoms with Gasteiger partial charge in [-0.05, 0) is 36.0 Å². The van der Waals surface area contributed by atoms with Crippen molar-refractivity contribution >= 4 is 17.4 Å². The van der Waals surface area contributed by atoms with Gasteiger partial charge in [0.2, 0.25) is 0 Å². The summed E-state index contributed by atoms with van der Waals surface area (Å²) < 4.78 is 36.1. The van der Waals surface area contributed by atoms with Crippen LogP contribution in [0.15, 0.2) is 29.2 Å². The Morgan fingerprint density at radius 1 is 1.24 bits per heavy atom. The van der Waals surface area contributed by atoms with E-state index in [-0.39, 0.29) is 29.8 Å². The molecule has 0 radical (unpaired) electrons. The smallest absolute Gasteiger partial charge is 0.394 e. The molecule has 0 aromatic heterocycles. The Kier molecular flexibility index (Phi) is 5.10. The van der Waals surface area contributed by atoms with E-state index in [1.54, 1.807) is 0 Å². The van der Waals surface area contributed by atoms with Crippen LogP contribution >= 0.6 is 11.8 Å². The minimum atomic E-state index is -4.29. The Bertz CT molecular complexity index is 342. The Morgan fingerprint density at radius 3 is 2.29 bits per heavy atom. The molecule has 0 saturated heterocycles. The standard InChI is InChI=1S/C10H12F3NO2S/c11-10(12,13)17-9-3-1-7(2-4-9)14-5-8(16)6-15/h1-4,8,14-16H,5-6H2. The van der Waals surface area contributed by atoms with E-state index in [0.717, 1.165) is 0 Å². The number of rotatable bonds is 5. The average molecular weight is 267 g/mol. The second kappa shape index (κ2) is 6.13. The molecule has 1 unspecified atom stereocenters. The molecule has 1 rings (SSSR count). The van der Waals surface area contributed by atoms with Crippen molar-refractivity contribution in [2.24, 2.45) is 0 Å². The molecule has 0 saturated carbocycles. The number of hydrogen-bond acceptors (Lipinski definition) is 4. The fraction of sp³-hybridized carbons (Fsp3) is 0.400. The van der Waals surface area contributed by atoms with Crippen LogP contribution in [-0.2, 0) is 0 Å². The van der Waals surface area contributed by atoms with E-state index in [1.807, 2.05) is 0 Å². The third kappa shape index (κ3) is 5.81. The maximum absolute atomic E-state index is 12.0. The van der Waals surface area contributed by atoms with Crippen LogP contribution in [0.3, 0.4) is 0 Å². The molecule has 0 bridgehead atoms. The summed E-state index contributed by atoms with van der Waals surface area (Å²) in [5.41, 5.74) is -3.70. The molecule has 0 aliphatic heterocycles. The number of halogens is 3. The highest BCUT2D eigenvalue weighted by Gasteiger charge is 2.28. The highest BCUT2D eigenvalue weighted by molar-refractivity contribution is 8.00. The van der Waals surface area contributed by atoms with Crippen molar-refractivity contribution in [3.8, 4) is 0 Å². The van der Waals surface area contributed by atoms with E-state index in [2.05, 4.69) is 5.32 Å². The number of nitrogens with one attached hydrogen (secondary N) is 1. The number of hydrogen-bond donors (Lipinski definition) is 3.